The lowest BCUT2D eigenvalue weighted by molar-refractivity contribution is -0.153. The molecule has 0 aliphatic carbocycles. The molecule has 0 aromatic carbocycles. The van der Waals surface area contributed by atoms with Crippen LogP contribution in [0.15, 0.2) is 12.3 Å². The van der Waals surface area contributed by atoms with Crippen LogP contribution in [0.25, 0.3) is 0 Å². The van der Waals surface area contributed by atoms with Crippen molar-refractivity contribution in [2.24, 2.45) is 0 Å². The van der Waals surface area contributed by atoms with E-state index in [-0.39, 0.29) is 24.9 Å². The Hall–Kier alpha value is -2.13. The molecule has 0 aliphatic rings. The quantitative estimate of drug-likeness (QED) is 0.0939. The molecule has 0 amide bonds. The van der Waals surface area contributed by atoms with E-state index in [2.05, 4.69) is 17.2 Å². The number of carbonyl (C=O) groups excluding carboxylic acids is 3. The first-order valence-electron chi connectivity index (χ1n) is 13.2. The highest BCUT2D eigenvalue weighted by Gasteiger charge is 2.24. The van der Waals surface area contributed by atoms with Crippen LogP contribution in [0.5, 0.6) is 0 Å². The van der Waals surface area contributed by atoms with Crippen molar-refractivity contribution in [3.05, 3.63) is 12.3 Å². The second kappa shape index (κ2) is 22.3. The van der Waals surface area contributed by atoms with Gasteiger partial charge in [-0.2, -0.15) is 0 Å². The van der Waals surface area contributed by atoms with Gasteiger partial charge in [0.05, 0.1) is 45.3 Å². The highest BCUT2D eigenvalue weighted by atomic mass is 16.5. The Bertz CT molecular complexity index is 598. The van der Waals surface area contributed by atoms with Gasteiger partial charge in [-0.1, -0.05) is 39.7 Å². The third-order valence-corrected chi connectivity index (χ3v) is 5.21. The van der Waals surface area contributed by atoms with Crippen molar-refractivity contribution in [2.45, 2.75) is 97.6 Å². The number of ether oxygens (including phenoxy) is 4. The molecule has 0 saturated carbocycles. The summed E-state index contributed by atoms with van der Waals surface area (Å²) in [6.07, 6.45) is 6.03. The van der Waals surface area contributed by atoms with E-state index in [4.69, 9.17) is 18.9 Å². The standard InChI is InChI=1S/C26H48N2O7/c1-6-10-18-34-25(30)20-23(26(31)35-19-11-7-2)27-16-13-12-14-22(21(5)32-8-3)28-17-15-24(29)33-9-4/h22-23,27-28H,5-20H2,1-4H3. The maximum atomic E-state index is 12.5. The van der Waals surface area contributed by atoms with Crippen molar-refractivity contribution in [2.75, 3.05) is 39.5 Å². The van der Waals surface area contributed by atoms with Crippen LogP contribution in [-0.4, -0.2) is 69.5 Å². The molecule has 0 aromatic rings. The molecule has 0 heterocycles. The molecular weight excluding hydrogens is 452 g/mol. The molecule has 0 saturated heterocycles. The second-order valence-electron chi connectivity index (χ2n) is 8.26. The minimum Gasteiger partial charge on any atom is -0.497 e. The van der Waals surface area contributed by atoms with Gasteiger partial charge in [0.1, 0.15) is 11.8 Å². The van der Waals surface area contributed by atoms with Crippen molar-refractivity contribution in [1.29, 1.82) is 0 Å². The summed E-state index contributed by atoms with van der Waals surface area (Å²) >= 11 is 0. The number of unbranched alkanes of at least 4 members (excludes halogenated alkanes) is 3. The van der Waals surface area contributed by atoms with Crippen molar-refractivity contribution < 1.29 is 33.3 Å². The third-order valence-electron chi connectivity index (χ3n) is 5.21. The Morgan fingerprint density at radius 3 is 1.97 bits per heavy atom. The zero-order chi connectivity index (χ0) is 26.3. The Labute approximate surface area is 211 Å². The third kappa shape index (κ3) is 17.9. The molecule has 0 aliphatic heterocycles. The van der Waals surface area contributed by atoms with E-state index in [9.17, 15) is 14.4 Å². The lowest BCUT2D eigenvalue weighted by atomic mass is 10.1. The normalized spacial score (nSPS) is 12.5. The highest BCUT2D eigenvalue weighted by Crippen LogP contribution is 2.11. The lowest BCUT2D eigenvalue weighted by Crippen LogP contribution is -2.41. The second-order valence-corrected chi connectivity index (χ2v) is 8.26. The Morgan fingerprint density at radius 2 is 1.34 bits per heavy atom. The molecular formula is C26H48N2O7. The van der Waals surface area contributed by atoms with Gasteiger partial charge in [-0.15, -0.1) is 0 Å². The largest absolute Gasteiger partial charge is 0.497 e. The van der Waals surface area contributed by atoms with E-state index in [0.29, 0.717) is 45.3 Å². The van der Waals surface area contributed by atoms with Crippen molar-refractivity contribution in [3.8, 4) is 0 Å². The fourth-order valence-electron chi connectivity index (χ4n) is 3.21. The zero-order valence-electron chi connectivity index (χ0n) is 22.3. The number of rotatable bonds is 23. The zero-order valence-corrected chi connectivity index (χ0v) is 22.3. The summed E-state index contributed by atoms with van der Waals surface area (Å²) in [6.45, 7) is 14.3. The van der Waals surface area contributed by atoms with Crippen molar-refractivity contribution in [3.63, 3.8) is 0 Å². The average molecular weight is 501 g/mol. The molecule has 0 radical (unpaired) electrons. The first-order valence-corrected chi connectivity index (χ1v) is 13.2. The summed E-state index contributed by atoms with van der Waals surface area (Å²) in [7, 11) is 0. The topological polar surface area (TPSA) is 112 Å². The van der Waals surface area contributed by atoms with Gasteiger partial charge >= 0.3 is 17.9 Å². The first kappa shape index (κ1) is 32.9. The summed E-state index contributed by atoms with van der Waals surface area (Å²) in [4.78, 5) is 36.2. The first-order chi connectivity index (χ1) is 16.9. The predicted octanol–water partition coefficient (Wildman–Crippen LogP) is 3.65. The molecule has 0 spiro atoms. The molecule has 0 rings (SSSR count). The molecule has 0 aromatic heterocycles. The fraction of sp³-hybridized carbons (Fsp3) is 0.808. The van der Waals surface area contributed by atoms with Gasteiger partial charge in [0.15, 0.2) is 0 Å². The van der Waals surface area contributed by atoms with Gasteiger partial charge in [-0.25, -0.2) is 0 Å². The van der Waals surface area contributed by atoms with E-state index in [0.717, 1.165) is 44.9 Å². The average Bonchev–Trinajstić information content (AvgIpc) is 2.82. The molecule has 2 unspecified atom stereocenters. The van der Waals surface area contributed by atoms with E-state index in [1.165, 1.54) is 0 Å². The smallest absolute Gasteiger partial charge is 0.323 e. The van der Waals surface area contributed by atoms with Crippen LogP contribution in [-0.2, 0) is 33.3 Å². The number of hydrogen-bond acceptors (Lipinski definition) is 9. The molecule has 9 nitrogen and oxygen atoms in total. The van der Waals surface area contributed by atoms with Crippen LogP contribution in [0.2, 0.25) is 0 Å². The van der Waals surface area contributed by atoms with Crippen LogP contribution in [0, 0.1) is 0 Å². The van der Waals surface area contributed by atoms with E-state index < -0.39 is 18.0 Å². The summed E-state index contributed by atoms with van der Waals surface area (Å²) < 4.78 is 21.1. The van der Waals surface area contributed by atoms with Gasteiger partial charge in [0.2, 0.25) is 0 Å². The maximum Gasteiger partial charge on any atom is 0.323 e. The fourth-order valence-corrected chi connectivity index (χ4v) is 3.21. The minimum atomic E-state index is -0.724. The predicted molar refractivity (Wildman–Crippen MR) is 136 cm³/mol. The van der Waals surface area contributed by atoms with Crippen LogP contribution < -0.4 is 10.6 Å². The molecule has 204 valence electrons. The number of nitrogens with one attached hydrogen (secondary N) is 2. The highest BCUT2D eigenvalue weighted by molar-refractivity contribution is 5.82. The van der Waals surface area contributed by atoms with Gasteiger partial charge in [-0.3, -0.25) is 14.4 Å². The number of carbonyl (C=O) groups is 3. The number of esters is 3. The van der Waals surface area contributed by atoms with Gasteiger partial charge in [-0.05, 0) is 46.1 Å². The van der Waals surface area contributed by atoms with Gasteiger partial charge < -0.3 is 29.6 Å². The van der Waals surface area contributed by atoms with E-state index in [1.807, 2.05) is 20.8 Å². The van der Waals surface area contributed by atoms with Crippen LogP contribution in [0.3, 0.4) is 0 Å². The van der Waals surface area contributed by atoms with Crippen molar-refractivity contribution >= 4 is 17.9 Å². The van der Waals surface area contributed by atoms with Crippen LogP contribution >= 0.6 is 0 Å². The van der Waals surface area contributed by atoms with Crippen molar-refractivity contribution in [1.82, 2.24) is 10.6 Å². The summed E-state index contributed by atoms with van der Waals surface area (Å²) in [5.41, 5.74) is 0. The van der Waals surface area contributed by atoms with E-state index in [1.54, 1.807) is 6.92 Å². The molecule has 0 bridgehead atoms. The van der Waals surface area contributed by atoms with Crippen LogP contribution in [0.4, 0.5) is 0 Å². The van der Waals surface area contributed by atoms with E-state index >= 15 is 0 Å². The molecule has 0 fully saturated rings. The van der Waals surface area contributed by atoms with Gasteiger partial charge in [0, 0.05) is 6.54 Å². The SMILES string of the molecule is C=C(OCC)C(CCCCNC(CC(=O)OCCCC)C(=O)OCCCC)NCCC(=O)OCC. The van der Waals surface area contributed by atoms with Gasteiger partial charge in [0.25, 0.3) is 0 Å². The Morgan fingerprint density at radius 1 is 0.714 bits per heavy atom. The summed E-state index contributed by atoms with van der Waals surface area (Å²) in [5, 5.41) is 6.47. The monoisotopic (exact) mass is 500 g/mol. The summed E-state index contributed by atoms with van der Waals surface area (Å²) in [6, 6.07) is -0.814. The molecule has 2 atom stereocenters. The molecule has 2 N–H and O–H groups in total. The maximum absolute atomic E-state index is 12.5. The Kier molecular flexibility index (Phi) is 21.0. The summed E-state index contributed by atoms with van der Waals surface area (Å²) in [5.74, 6) is -0.428. The molecule has 9 heteroatoms. The minimum absolute atomic E-state index is 0.0478. The molecule has 35 heavy (non-hydrogen) atoms. The lowest BCUT2D eigenvalue weighted by Gasteiger charge is -2.21. The Balaban J connectivity index is 4.62. The number of hydrogen-bond donors (Lipinski definition) is 2. The van der Waals surface area contributed by atoms with Crippen LogP contribution in [0.1, 0.15) is 85.5 Å².